The van der Waals surface area contributed by atoms with Crippen molar-refractivity contribution in [1.29, 1.82) is 0 Å². The lowest BCUT2D eigenvalue weighted by Gasteiger charge is -2.69. The number of aliphatic hydroxyl groups excluding tert-OH is 4. The number of aromatic amines is 1. The highest BCUT2D eigenvalue weighted by molar-refractivity contribution is 5.94. The Morgan fingerprint density at radius 3 is 2.50 bits per heavy atom. The maximum absolute atomic E-state index is 16.2. The molecule has 21 aliphatic rings. The van der Waals surface area contributed by atoms with Crippen LogP contribution in [-0.4, -0.2) is 118 Å². The Balaban J connectivity index is 0.898. The number of aryl methyl sites for hydroxylation is 2. The maximum atomic E-state index is 16.2. The van der Waals surface area contributed by atoms with Gasteiger partial charge in [0.15, 0.2) is 22.4 Å². The molecule has 0 radical (unpaired) electrons. The monoisotopic (exact) mass is 1410 g/mol. The van der Waals surface area contributed by atoms with Crippen LogP contribution < -0.4 is 20.8 Å². The van der Waals surface area contributed by atoms with Gasteiger partial charge in [0.25, 0.3) is 0 Å². The summed E-state index contributed by atoms with van der Waals surface area (Å²) in [5, 5.41) is 94.2. The van der Waals surface area contributed by atoms with Crippen molar-refractivity contribution in [2.24, 2.45) is 70.0 Å². The summed E-state index contributed by atoms with van der Waals surface area (Å²) in [4.78, 5) is 49.9. The molecule has 17 heteroatoms. The van der Waals surface area contributed by atoms with Gasteiger partial charge in [0, 0.05) is 83.2 Å². The third-order valence-electron chi connectivity index (χ3n) is 29.2. The van der Waals surface area contributed by atoms with Gasteiger partial charge in [0.05, 0.1) is 28.5 Å². The number of allylic oxidation sites excluding steroid dienone is 3. The number of piperidine rings is 1. The van der Waals surface area contributed by atoms with Crippen LogP contribution in [0.1, 0.15) is 128 Å². The van der Waals surface area contributed by atoms with Crippen LogP contribution in [0.3, 0.4) is 0 Å². The zero-order valence-electron chi connectivity index (χ0n) is 59.7. The number of amides is 1. The summed E-state index contributed by atoms with van der Waals surface area (Å²) in [6.45, 7) is 5.81. The highest BCUT2D eigenvalue weighted by Crippen LogP contribution is 2.70. The number of aromatic nitrogens is 2. The lowest BCUT2D eigenvalue weighted by atomic mass is 9.42. The van der Waals surface area contributed by atoms with Gasteiger partial charge < -0.3 is 65.1 Å². The van der Waals surface area contributed by atoms with Crippen molar-refractivity contribution in [2.75, 3.05) is 13.2 Å². The van der Waals surface area contributed by atoms with E-state index in [0.29, 0.717) is 93.6 Å². The highest BCUT2D eigenvalue weighted by Gasteiger charge is 2.75. The Labute approximate surface area is 609 Å². The number of phenolic OH excluding ortho intramolecular Hbond substituents is 2. The van der Waals surface area contributed by atoms with Gasteiger partial charge in [-0.2, -0.15) is 0 Å². The number of fused-ring (bicyclic) bond motifs is 5. The third-order valence-corrected chi connectivity index (χ3v) is 29.2. The van der Waals surface area contributed by atoms with E-state index in [9.17, 15) is 35.7 Å². The van der Waals surface area contributed by atoms with E-state index in [1.165, 1.54) is 46.5 Å². The smallest absolute Gasteiger partial charge is 0.226 e. The van der Waals surface area contributed by atoms with E-state index >= 15 is 9.59 Å². The van der Waals surface area contributed by atoms with Crippen molar-refractivity contribution in [3.63, 3.8) is 0 Å². The molecular weight excluding hydrogens is 1320 g/mol. The first-order valence-corrected chi connectivity index (χ1v) is 39.0. The Kier molecular flexibility index (Phi) is 15.1. The summed E-state index contributed by atoms with van der Waals surface area (Å²) in [6.07, 6.45) is 19.8. The van der Waals surface area contributed by atoms with Crippen LogP contribution in [0.2, 0.25) is 0 Å². The van der Waals surface area contributed by atoms with Gasteiger partial charge in [-0.25, -0.2) is 9.78 Å². The van der Waals surface area contributed by atoms with E-state index in [2.05, 4.69) is 126 Å². The van der Waals surface area contributed by atoms with Crippen LogP contribution >= 0.6 is 0 Å². The lowest BCUT2D eigenvalue weighted by molar-refractivity contribution is -0.400. The SMILES string of the molecule is CCc1c2cc3[nH]c2cn1-c1c2c(cc4c(=O)cc(C)oc14)C[C@H]1OO[C@@H]([C@@](O)(Cc4ccc(O)c5ccc(O)cc45)[C@@H](O)[C@H](O)[C@H](O)CO)/C=C\C4=C[C@@H]5[C@@H]6C=C[C@H]([C@@]47N[C@H]4C[C@H](CC)[C@H]8CC[C@@H]7[C@@H](Cc7ccc(cc7Cc7ccccc7)C[C@@H]7C[C@]9(C=C[C@H]3CC9)C[C@]3(C7)C(=O)NC[C@@H]63)[C@H]84)[C@@]51O2. The number of hydrogen-bond acceptors (Lipinski definition) is 14. The molecule has 2 saturated heterocycles. The molecule has 20 bridgehead atoms. The van der Waals surface area contributed by atoms with Crippen molar-refractivity contribution in [3.05, 3.63) is 212 Å². The standard InChI is InChI=1S/C88H94N4O13/c1-4-49-33-68-77-57(49)17-19-64-61(77)31-51-12-11-47(30-53(51)29-46-9-7-6-8-10-46)28-48-38-84-25-23-50(24-26-84)67-37-62-69(90-67)42-92(70(62)5-2)78-80-54(32-63-72(96)27-45(3)102-81(63)78)34-76-88(103-80)65-35-55(87(64,91-68)74(88)21-18-59(65)66-41-89-83(100)85(66,39-48)44-84)14-22-75(104-105-76)86(101,82(99)79(98)73(97)43-93)40-52-13-20-71(95)58-16-15-56(94)36-60(52)58/h6-16,18,20-23,25,27,30,32,35-37,42,48-50,57,59,61,64-66,68,73-77,79,82,90-91,93-95,97-99,101H,4-5,17,19,24,26,28-29,31,33-34,38-41,43-44H2,1-3H3,(H,89,100)/b22-14-/t48-,49+,50+,57-,59+,61-,64-,65-,66+,68+,73-,74-,75-,76-,77+,79-,82+,84-,85+,86+,87-,88+/m1/s1. The van der Waals surface area contributed by atoms with Gasteiger partial charge in [0.2, 0.25) is 5.91 Å². The molecule has 0 unspecified atom stereocenters. The predicted molar refractivity (Wildman–Crippen MR) is 397 cm³/mol. The number of rotatable bonds is 11. The van der Waals surface area contributed by atoms with E-state index in [1.807, 2.05) is 13.0 Å². The second kappa shape index (κ2) is 23.9. The van der Waals surface area contributed by atoms with Crippen LogP contribution in [0.25, 0.3) is 38.3 Å². The molecule has 12 heterocycles. The van der Waals surface area contributed by atoms with Gasteiger partial charge in [-0.15, -0.1) is 0 Å². The van der Waals surface area contributed by atoms with E-state index in [-0.39, 0.29) is 76.2 Å². The Morgan fingerprint density at radius 2 is 1.68 bits per heavy atom. The average molecular weight is 1420 g/mol. The number of phenols is 2. The molecule has 1 amide bonds. The summed E-state index contributed by atoms with van der Waals surface area (Å²) < 4.78 is 18.0. The van der Waals surface area contributed by atoms with E-state index in [0.717, 1.165) is 92.1 Å². The molecule has 3 aromatic heterocycles. The number of hydrogen-bond donors (Lipinski definition) is 10. The fourth-order valence-corrected chi connectivity index (χ4v) is 24.9. The average Bonchev–Trinajstić information content (AvgIpc) is 1.64. The molecule has 5 aromatic carbocycles. The number of aromatic hydroxyl groups is 2. The van der Waals surface area contributed by atoms with Crippen molar-refractivity contribution >= 4 is 38.6 Å². The Morgan fingerprint density at radius 1 is 0.810 bits per heavy atom. The first-order chi connectivity index (χ1) is 50.8. The van der Waals surface area contributed by atoms with E-state index in [4.69, 9.17) is 24.2 Å². The zero-order valence-corrected chi connectivity index (χ0v) is 59.7. The summed E-state index contributed by atoms with van der Waals surface area (Å²) in [7, 11) is 0. The molecule has 22 atom stereocenters. The quantitative estimate of drug-likeness (QED) is 0.0427. The fourth-order valence-electron chi connectivity index (χ4n) is 24.9. The number of ether oxygens (including phenoxy) is 1. The molecule has 105 heavy (non-hydrogen) atoms. The molecule has 17 nitrogen and oxygen atoms in total. The van der Waals surface area contributed by atoms with E-state index in [1.54, 1.807) is 18.2 Å². The summed E-state index contributed by atoms with van der Waals surface area (Å²) in [5.41, 5.74) is 4.70. The van der Waals surface area contributed by atoms with Gasteiger partial charge in [-0.3, -0.25) is 9.59 Å². The molecule has 5 fully saturated rings. The minimum atomic E-state index is -2.65. The normalized spacial score (nSPS) is 35.9. The number of H-pyrrole nitrogens is 1. The minimum absolute atomic E-state index is 0.0314. The van der Waals surface area contributed by atoms with Crippen LogP contribution in [0, 0.1) is 76.9 Å². The molecule has 544 valence electrons. The van der Waals surface area contributed by atoms with Crippen LogP contribution in [-0.2, 0) is 53.1 Å². The van der Waals surface area contributed by atoms with Gasteiger partial charge in [0.1, 0.15) is 59.1 Å². The second-order valence-corrected chi connectivity index (χ2v) is 34.3. The molecule has 9 aliphatic heterocycles. The highest BCUT2D eigenvalue weighted by atomic mass is 17.2. The zero-order chi connectivity index (χ0) is 71.5. The fraction of sp³-hybridized carbons (Fsp3) is 0.477. The largest absolute Gasteiger partial charge is 0.508 e. The Hall–Kier alpha value is -8.10. The number of nitrogens with zero attached hydrogens (tertiary/aromatic N) is 1. The Bertz CT molecular complexity index is 5110. The molecule has 3 saturated carbocycles. The topological polar surface area (TPSA) is 261 Å². The molecule has 8 aromatic rings. The van der Waals surface area contributed by atoms with Gasteiger partial charge in [-0.1, -0.05) is 111 Å². The second-order valence-electron chi connectivity index (χ2n) is 34.3. The summed E-state index contributed by atoms with van der Waals surface area (Å²) >= 11 is 0. The van der Waals surface area contributed by atoms with Crippen molar-refractivity contribution in [3.8, 4) is 22.9 Å². The lowest BCUT2D eigenvalue weighted by Crippen LogP contribution is -2.79. The maximum Gasteiger partial charge on any atom is 0.226 e. The number of carbonyl (C=O) groups excluding carboxylic acids is 1. The molecule has 4 spiro atoms. The van der Waals surface area contributed by atoms with Crippen molar-refractivity contribution in [2.45, 2.75) is 176 Å². The van der Waals surface area contributed by atoms with E-state index < -0.39 is 77.5 Å². The molecular formula is C88H94N4O13. The number of nitrogens with one attached hydrogen (secondary N) is 3. The van der Waals surface area contributed by atoms with Crippen LogP contribution in [0.4, 0.5) is 0 Å². The molecule has 12 aliphatic carbocycles. The van der Waals surface area contributed by atoms with Gasteiger partial charge in [-0.05, 0) is 218 Å². The van der Waals surface area contributed by atoms with Gasteiger partial charge >= 0.3 is 0 Å². The van der Waals surface area contributed by atoms with Crippen LogP contribution in [0.15, 0.2) is 161 Å². The third kappa shape index (κ3) is 9.59. The predicted octanol–water partition coefficient (Wildman–Crippen LogP) is 11.6. The minimum Gasteiger partial charge on any atom is -0.508 e. The summed E-state index contributed by atoms with van der Waals surface area (Å²) in [6, 6.07) is 31.6. The number of benzene rings is 5. The number of aliphatic hydroxyl groups is 5. The first kappa shape index (κ1) is 66.3. The first-order valence-electron chi connectivity index (χ1n) is 39.0. The molecule has 10 N–H and O–H groups in total. The van der Waals surface area contributed by atoms with Crippen LogP contribution in [0.5, 0.6) is 17.2 Å². The molecule has 29 rings (SSSR count). The van der Waals surface area contributed by atoms with Crippen molar-refractivity contribution in [1.82, 2.24) is 20.2 Å². The summed E-state index contributed by atoms with van der Waals surface area (Å²) in [5.74, 6) is 0.630. The van der Waals surface area contributed by atoms with Crippen molar-refractivity contribution < 1.29 is 59.5 Å². The number of carbonyl (C=O) groups is 1.